The largest absolute Gasteiger partial charge is 0.322 e. The Balaban J connectivity index is 1.50. The number of fused-ring (bicyclic) bond motifs is 1. The molecular formula is C32H34N2. The van der Waals surface area contributed by atoms with Gasteiger partial charge in [-0.05, 0) is 58.2 Å². The zero-order chi connectivity index (χ0) is 23.5. The molecule has 0 heterocycles. The van der Waals surface area contributed by atoms with Crippen molar-refractivity contribution in [2.45, 2.75) is 39.2 Å². The maximum absolute atomic E-state index is 6.44. The number of allylic oxidation sites excluding steroid dienone is 10. The van der Waals surface area contributed by atoms with Gasteiger partial charge in [0.15, 0.2) is 0 Å². The quantitative estimate of drug-likeness (QED) is 0.482. The van der Waals surface area contributed by atoms with Crippen LogP contribution in [0.2, 0.25) is 0 Å². The van der Waals surface area contributed by atoms with Gasteiger partial charge in [0.2, 0.25) is 0 Å². The van der Waals surface area contributed by atoms with Crippen molar-refractivity contribution in [3.8, 4) is 0 Å². The summed E-state index contributed by atoms with van der Waals surface area (Å²) in [6, 6.07) is 15.2. The van der Waals surface area contributed by atoms with Gasteiger partial charge in [-0.2, -0.15) is 0 Å². The monoisotopic (exact) mass is 446 g/mol. The average molecular weight is 447 g/mol. The van der Waals surface area contributed by atoms with Crippen LogP contribution in [0.3, 0.4) is 0 Å². The van der Waals surface area contributed by atoms with E-state index in [2.05, 4.69) is 111 Å². The predicted molar refractivity (Wildman–Crippen MR) is 146 cm³/mol. The molecule has 34 heavy (non-hydrogen) atoms. The Morgan fingerprint density at radius 3 is 2.59 bits per heavy atom. The lowest BCUT2D eigenvalue weighted by Gasteiger charge is -2.27. The summed E-state index contributed by atoms with van der Waals surface area (Å²) in [6.07, 6.45) is 23.1. The van der Waals surface area contributed by atoms with Gasteiger partial charge in [-0.15, -0.1) is 0 Å². The molecule has 0 radical (unpaired) electrons. The highest BCUT2D eigenvalue weighted by atomic mass is 14.8. The van der Waals surface area contributed by atoms with Crippen LogP contribution in [-0.2, 0) is 6.42 Å². The van der Waals surface area contributed by atoms with Crippen LogP contribution in [0, 0.1) is 17.8 Å². The molecule has 2 aromatic carbocycles. The number of hydrogen-bond donors (Lipinski definition) is 1. The van der Waals surface area contributed by atoms with E-state index in [1.54, 1.807) is 0 Å². The Kier molecular flexibility index (Phi) is 6.60. The number of nitrogens with two attached hydrogens (primary N) is 1. The number of nitrogens with zero attached hydrogens (tertiary/aromatic N) is 1. The fourth-order valence-corrected chi connectivity index (χ4v) is 5.26. The summed E-state index contributed by atoms with van der Waals surface area (Å²) in [7, 11) is 0. The van der Waals surface area contributed by atoms with Gasteiger partial charge in [-0.1, -0.05) is 105 Å². The lowest BCUT2D eigenvalue weighted by atomic mass is 9.79. The maximum atomic E-state index is 6.44. The molecule has 5 rings (SSSR count). The van der Waals surface area contributed by atoms with Crippen LogP contribution in [0.1, 0.15) is 32.3 Å². The van der Waals surface area contributed by atoms with Crippen molar-refractivity contribution < 1.29 is 0 Å². The second-order valence-electron chi connectivity index (χ2n) is 9.88. The second-order valence-corrected chi connectivity index (χ2v) is 9.88. The molecule has 2 heteroatoms. The fraction of sp³-hybridized carbons (Fsp3) is 0.281. The molecule has 3 aliphatic carbocycles. The van der Waals surface area contributed by atoms with Crippen molar-refractivity contribution in [2.24, 2.45) is 28.5 Å². The summed E-state index contributed by atoms with van der Waals surface area (Å²) in [5, 5.41) is 2.57. The highest BCUT2D eigenvalue weighted by Crippen LogP contribution is 2.33. The van der Waals surface area contributed by atoms with Crippen LogP contribution in [0.25, 0.3) is 10.8 Å². The van der Waals surface area contributed by atoms with Crippen LogP contribution in [0.4, 0.5) is 0 Å². The summed E-state index contributed by atoms with van der Waals surface area (Å²) >= 11 is 0. The highest BCUT2D eigenvalue weighted by Gasteiger charge is 2.25. The minimum absolute atomic E-state index is 0.0412. The first-order valence-electron chi connectivity index (χ1n) is 12.5. The van der Waals surface area contributed by atoms with Gasteiger partial charge in [-0.25, -0.2) is 0 Å². The molecule has 0 spiro atoms. The molecule has 2 nitrogen and oxygen atoms in total. The first-order chi connectivity index (χ1) is 16.6. The van der Waals surface area contributed by atoms with Gasteiger partial charge >= 0.3 is 0 Å². The van der Waals surface area contributed by atoms with E-state index >= 15 is 0 Å². The topological polar surface area (TPSA) is 38.4 Å². The Morgan fingerprint density at radius 1 is 0.941 bits per heavy atom. The standard InChI is InChI=1S/C32H34N2/c1-22-9-7-12-25(19-22)26-17-18-28(23(2)20-26)32(34-31-16-6-5-15-30(31)33)21-27-13-8-11-24-10-3-4-14-29(24)27/h3-8,10-14,16-20,22-23,28,30H,9,15,21,33H2,1-2H3/b34-32+. The molecule has 2 aromatic rings. The zero-order valence-electron chi connectivity index (χ0n) is 20.2. The van der Waals surface area contributed by atoms with Crippen molar-refractivity contribution in [2.75, 3.05) is 0 Å². The molecule has 4 atom stereocenters. The smallest absolute Gasteiger partial charge is 0.0573 e. The number of hydrogen-bond acceptors (Lipinski definition) is 2. The van der Waals surface area contributed by atoms with E-state index < -0.39 is 0 Å². The van der Waals surface area contributed by atoms with Gasteiger partial charge in [-0.3, -0.25) is 4.99 Å². The van der Waals surface area contributed by atoms with Crippen LogP contribution >= 0.6 is 0 Å². The van der Waals surface area contributed by atoms with Gasteiger partial charge in [0.1, 0.15) is 0 Å². The Bertz CT molecular complexity index is 1280. The summed E-state index contributed by atoms with van der Waals surface area (Å²) < 4.78 is 0. The van der Waals surface area contributed by atoms with Gasteiger partial charge in [0.05, 0.1) is 11.7 Å². The highest BCUT2D eigenvalue weighted by molar-refractivity contribution is 5.96. The van der Waals surface area contributed by atoms with E-state index in [-0.39, 0.29) is 12.0 Å². The normalized spacial score (nSPS) is 26.9. The third kappa shape index (κ3) is 4.83. The minimum Gasteiger partial charge on any atom is -0.322 e. The molecule has 0 aliphatic heterocycles. The van der Waals surface area contributed by atoms with Crippen LogP contribution < -0.4 is 5.73 Å². The SMILES string of the molecule is CC1C=C(C2=CC(C)C(/C(Cc3cccc4ccccc34)=N/C3=CC=CCC3N)C=C2)C=CC1. The fourth-order valence-electron chi connectivity index (χ4n) is 5.26. The van der Waals surface area contributed by atoms with Crippen LogP contribution in [-0.4, -0.2) is 11.8 Å². The molecular weight excluding hydrogens is 412 g/mol. The third-order valence-electron chi connectivity index (χ3n) is 7.18. The van der Waals surface area contributed by atoms with Crippen molar-refractivity contribution in [1.29, 1.82) is 0 Å². The Morgan fingerprint density at radius 2 is 1.76 bits per heavy atom. The molecule has 0 amide bonds. The molecule has 0 saturated heterocycles. The van der Waals surface area contributed by atoms with E-state index in [4.69, 9.17) is 10.7 Å². The van der Waals surface area contributed by atoms with Crippen LogP contribution in [0.15, 0.2) is 119 Å². The number of aliphatic imine (C=N–C) groups is 1. The van der Waals surface area contributed by atoms with Gasteiger partial charge in [0.25, 0.3) is 0 Å². The molecule has 0 bridgehead atoms. The predicted octanol–water partition coefficient (Wildman–Crippen LogP) is 7.27. The van der Waals surface area contributed by atoms with E-state index in [1.807, 2.05) is 0 Å². The van der Waals surface area contributed by atoms with Crippen LogP contribution in [0.5, 0.6) is 0 Å². The van der Waals surface area contributed by atoms with Crippen molar-refractivity contribution in [3.63, 3.8) is 0 Å². The zero-order valence-corrected chi connectivity index (χ0v) is 20.2. The maximum Gasteiger partial charge on any atom is 0.0573 e. The van der Waals surface area contributed by atoms with E-state index in [0.717, 1.165) is 25.0 Å². The lowest BCUT2D eigenvalue weighted by molar-refractivity contribution is 0.622. The Labute approximate surface area is 203 Å². The van der Waals surface area contributed by atoms with Crippen molar-refractivity contribution in [1.82, 2.24) is 0 Å². The molecule has 4 unspecified atom stereocenters. The number of rotatable bonds is 5. The average Bonchev–Trinajstić information content (AvgIpc) is 2.85. The first-order valence-corrected chi connectivity index (χ1v) is 12.5. The summed E-state index contributed by atoms with van der Waals surface area (Å²) in [5.41, 5.74) is 12.6. The van der Waals surface area contributed by atoms with Crippen molar-refractivity contribution >= 4 is 16.5 Å². The van der Waals surface area contributed by atoms with E-state index in [1.165, 1.54) is 33.2 Å². The molecule has 0 saturated carbocycles. The molecule has 0 fully saturated rings. The van der Waals surface area contributed by atoms with Gasteiger partial charge in [0, 0.05) is 18.1 Å². The second kappa shape index (κ2) is 9.95. The first kappa shape index (κ1) is 22.6. The summed E-state index contributed by atoms with van der Waals surface area (Å²) in [4.78, 5) is 5.23. The minimum atomic E-state index is -0.0412. The third-order valence-corrected chi connectivity index (χ3v) is 7.18. The Hall–Kier alpha value is -3.23. The van der Waals surface area contributed by atoms with Crippen molar-refractivity contribution in [3.05, 3.63) is 120 Å². The van der Waals surface area contributed by atoms with Gasteiger partial charge < -0.3 is 5.73 Å². The lowest BCUT2D eigenvalue weighted by Crippen LogP contribution is -2.27. The summed E-state index contributed by atoms with van der Waals surface area (Å²) in [5.74, 6) is 1.20. The number of benzene rings is 2. The molecule has 2 N–H and O–H groups in total. The summed E-state index contributed by atoms with van der Waals surface area (Å²) in [6.45, 7) is 4.60. The molecule has 172 valence electrons. The van der Waals surface area contributed by atoms with E-state index in [0.29, 0.717) is 11.8 Å². The molecule has 3 aliphatic rings. The molecule has 0 aromatic heterocycles. The van der Waals surface area contributed by atoms with E-state index in [9.17, 15) is 0 Å².